The molecule has 1 aliphatic heterocycles. The van der Waals surface area contributed by atoms with Gasteiger partial charge in [-0.15, -0.1) is 10.2 Å². The van der Waals surface area contributed by atoms with Crippen LogP contribution in [0.25, 0.3) is 0 Å². The maximum absolute atomic E-state index is 12.3. The fraction of sp³-hybridized carbons (Fsp3) is 0.643. The first-order chi connectivity index (χ1) is 9.11. The van der Waals surface area contributed by atoms with Crippen LogP contribution in [-0.4, -0.2) is 40.6 Å². The van der Waals surface area contributed by atoms with E-state index in [4.69, 9.17) is 0 Å². The van der Waals surface area contributed by atoms with Crippen LogP contribution in [0.4, 0.5) is 5.82 Å². The molecule has 0 bridgehead atoms. The average Bonchev–Trinajstić information content (AvgIpc) is 2.89. The summed E-state index contributed by atoms with van der Waals surface area (Å²) < 4.78 is 0. The van der Waals surface area contributed by atoms with Crippen molar-refractivity contribution in [2.24, 2.45) is 11.8 Å². The van der Waals surface area contributed by atoms with Crippen molar-refractivity contribution in [1.82, 2.24) is 15.1 Å². The standard InChI is InChI=1S/C14H22N4O/c1-4-15-13-6-5-12(16-17-13)14(19)18-8-7-11(9-18)10(2)3/h5-6,10-11H,4,7-9H2,1-3H3,(H,15,17). The lowest BCUT2D eigenvalue weighted by molar-refractivity contribution is 0.0777. The van der Waals surface area contributed by atoms with Crippen LogP contribution in [0.1, 0.15) is 37.7 Å². The number of aromatic nitrogens is 2. The second-order valence-corrected chi connectivity index (χ2v) is 5.38. The fourth-order valence-corrected chi connectivity index (χ4v) is 2.40. The van der Waals surface area contributed by atoms with E-state index in [0.717, 1.165) is 26.1 Å². The second kappa shape index (κ2) is 5.99. The van der Waals surface area contributed by atoms with Gasteiger partial charge >= 0.3 is 0 Å². The average molecular weight is 262 g/mol. The molecule has 5 nitrogen and oxygen atoms in total. The maximum atomic E-state index is 12.3. The highest BCUT2D eigenvalue weighted by Gasteiger charge is 2.29. The highest BCUT2D eigenvalue weighted by Crippen LogP contribution is 2.24. The van der Waals surface area contributed by atoms with Crippen LogP contribution in [0.3, 0.4) is 0 Å². The van der Waals surface area contributed by atoms with Gasteiger partial charge in [-0.3, -0.25) is 4.79 Å². The smallest absolute Gasteiger partial charge is 0.274 e. The number of amides is 1. The van der Waals surface area contributed by atoms with Gasteiger partial charge in [0.25, 0.3) is 5.91 Å². The molecule has 19 heavy (non-hydrogen) atoms. The van der Waals surface area contributed by atoms with Crippen molar-refractivity contribution in [3.05, 3.63) is 17.8 Å². The van der Waals surface area contributed by atoms with Gasteiger partial charge in [0.2, 0.25) is 0 Å². The van der Waals surface area contributed by atoms with Crippen molar-refractivity contribution in [3.63, 3.8) is 0 Å². The molecule has 1 aromatic rings. The van der Waals surface area contributed by atoms with Gasteiger partial charge in [0, 0.05) is 19.6 Å². The van der Waals surface area contributed by atoms with Gasteiger partial charge in [0.1, 0.15) is 5.82 Å². The Morgan fingerprint density at radius 3 is 2.79 bits per heavy atom. The number of anilines is 1. The van der Waals surface area contributed by atoms with E-state index in [1.807, 2.05) is 11.8 Å². The van der Waals surface area contributed by atoms with Gasteiger partial charge < -0.3 is 10.2 Å². The van der Waals surface area contributed by atoms with E-state index in [2.05, 4.69) is 29.4 Å². The summed E-state index contributed by atoms with van der Waals surface area (Å²) >= 11 is 0. The number of nitrogens with one attached hydrogen (secondary N) is 1. The molecule has 1 fully saturated rings. The molecular formula is C14H22N4O. The normalized spacial score (nSPS) is 18.9. The van der Waals surface area contributed by atoms with E-state index in [9.17, 15) is 4.79 Å². The Kier molecular flexibility index (Phi) is 4.35. The Hall–Kier alpha value is -1.65. The molecule has 104 valence electrons. The van der Waals surface area contributed by atoms with Crippen molar-refractivity contribution < 1.29 is 4.79 Å². The zero-order chi connectivity index (χ0) is 13.8. The lowest BCUT2D eigenvalue weighted by Crippen LogP contribution is -2.30. The van der Waals surface area contributed by atoms with E-state index in [1.54, 1.807) is 12.1 Å². The topological polar surface area (TPSA) is 58.1 Å². The highest BCUT2D eigenvalue weighted by atomic mass is 16.2. The number of rotatable bonds is 4. The predicted octanol–water partition coefficient (Wildman–Crippen LogP) is 2.03. The summed E-state index contributed by atoms with van der Waals surface area (Å²) in [5.74, 6) is 1.94. The second-order valence-electron chi connectivity index (χ2n) is 5.38. The Balaban J connectivity index is 2.00. The Morgan fingerprint density at radius 2 is 2.26 bits per heavy atom. The molecule has 2 rings (SSSR count). The molecule has 0 radical (unpaired) electrons. The minimum absolute atomic E-state index is 0.00121. The van der Waals surface area contributed by atoms with Gasteiger partial charge in [0.05, 0.1) is 0 Å². The molecule has 1 N–H and O–H groups in total. The van der Waals surface area contributed by atoms with Gasteiger partial charge in [-0.2, -0.15) is 0 Å². The zero-order valence-electron chi connectivity index (χ0n) is 11.9. The number of carbonyl (C=O) groups is 1. The first kappa shape index (κ1) is 13.8. The minimum Gasteiger partial charge on any atom is -0.369 e. The van der Waals surface area contributed by atoms with Crippen LogP contribution < -0.4 is 5.32 Å². The fourth-order valence-electron chi connectivity index (χ4n) is 2.40. The van der Waals surface area contributed by atoms with E-state index < -0.39 is 0 Å². The number of carbonyl (C=O) groups excluding carboxylic acids is 1. The molecule has 1 unspecified atom stereocenters. The molecule has 1 saturated heterocycles. The molecule has 0 aromatic carbocycles. The molecular weight excluding hydrogens is 240 g/mol. The van der Waals surface area contributed by atoms with E-state index in [1.165, 1.54) is 0 Å². The highest BCUT2D eigenvalue weighted by molar-refractivity contribution is 5.92. The Labute approximate surface area is 114 Å². The largest absolute Gasteiger partial charge is 0.369 e. The summed E-state index contributed by atoms with van der Waals surface area (Å²) in [6.07, 6.45) is 1.09. The van der Waals surface area contributed by atoms with E-state index in [0.29, 0.717) is 23.3 Å². The molecule has 2 heterocycles. The van der Waals surface area contributed by atoms with Crippen molar-refractivity contribution in [2.45, 2.75) is 27.2 Å². The molecule has 1 aromatic heterocycles. The lowest BCUT2D eigenvalue weighted by Gasteiger charge is -2.17. The summed E-state index contributed by atoms with van der Waals surface area (Å²) in [7, 11) is 0. The van der Waals surface area contributed by atoms with Crippen LogP contribution in [0.5, 0.6) is 0 Å². The summed E-state index contributed by atoms with van der Waals surface area (Å²) in [6.45, 7) is 8.89. The van der Waals surface area contributed by atoms with Crippen LogP contribution in [0.15, 0.2) is 12.1 Å². The summed E-state index contributed by atoms with van der Waals surface area (Å²) in [4.78, 5) is 14.2. The first-order valence-electron chi connectivity index (χ1n) is 6.98. The molecule has 0 aliphatic carbocycles. The van der Waals surface area contributed by atoms with Crippen molar-refractivity contribution >= 4 is 11.7 Å². The number of hydrogen-bond donors (Lipinski definition) is 1. The zero-order valence-corrected chi connectivity index (χ0v) is 11.9. The summed E-state index contributed by atoms with van der Waals surface area (Å²) in [5, 5.41) is 11.1. The molecule has 0 spiro atoms. The maximum Gasteiger partial charge on any atom is 0.274 e. The van der Waals surface area contributed by atoms with Crippen molar-refractivity contribution in [2.75, 3.05) is 25.0 Å². The van der Waals surface area contributed by atoms with Crippen molar-refractivity contribution in [3.8, 4) is 0 Å². The van der Waals surface area contributed by atoms with Gasteiger partial charge in [-0.1, -0.05) is 13.8 Å². The van der Waals surface area contributed by atoms with Gasteiger partial charge in [-0.05, 0) is 37.3 Å². The first-order valence-corrected chi connectivity index (χ1v) is 6.98. The third-order valence-corrected chi connectivity index (χ3v) is 3.70. The number of nitrogens with zero attached hydrogens (tertiary/aromatic N) is 3. The Morgan fingerprint density at radius 1 is 1.47 bits per heavy atom. The SMILES string of the molecule is CCNc1ccc(C(=O)N2CCC(C(C)C)C2)nn1. The molecule has 1 atom stereocenters. The molecule has 1 amide bonds. The summed E-state index contributed by atoms with van der Waals surface area (Å²) in [6, 6.07) is 3.55. The lowest BCUT2D eigenvalue weighted by atomic mass is 9.95. The quantitative estimate of drug-likeness (QED) is 0.902. The molecule has 5 heteroatoms. The molecule has 1 aliphatic rings. The Bertz CT molecular complexity index is 430. The van der Waals surface area contributed by atoms with Crippen LogP contribution in [-0.2, 0) is 0 Å². The molecule has 0 saturated carbocycles. The third-order valence-electron chi connectivity index (χ3n) is 3.70. The van der Waals surface area contributed by atoms with Crippen LogP contribution in [0, 0.1) is 11.8 Å². The number of likely N-dealkylation sites (tertiary alicyclic amines) is 1. The van der Waals surface area contributed by atoms with E-state index in [-0.39, 0.29) is 5.91 Å². The summed E-state index contributed by atoms with van der Waals surface area (Å²) in [5.41, 5.74) is 0.436. The number of hydrogen-bond acceptors (Lipinski definition) is 4. The van der Waals surface area contributed by atoms with Crippen LogP contribution >= 0.6 is 0 Å². The predicted molar refractivity (Wildman–Crippen MR) is 75.0 cm³/mol. The van der Waals surface area contributed by atoms with Gasteiger partial charge in [0.15, 0.2) is 5.69 Å². The van der Waals surface area contributed by atoms with Crippen LogP contribution in [0.2, 0.25) is 0 Å². The van der Waals surface area contributed by atoms with Gasteiger partial charge in [-0.25, -0.2) is 0 Å². The van der Waals surface area contributed by atoms with Crippen molar-refractivity contribution in [1.29, 1.82) is 0 Å². The monoisotopic (exact) mass is 262 g/mol. The third kappa shape index (κ3) is 3.22. The van der Waals surface area contributed by atoms with E-state index >= 15 is 0 Å². The minimum atomic E-state index is -0.00121.